The summed E-state index contributed by atoms with van der Waals surface area (Å²) in [5.41, 5.74) is 4.29. The van der Waals surface area contributed by atoms with Crippen molar-refractivity contribution >= 4 is 10.9 Å². The van der Waals surface area contributed by atoms with Gasteiger partial charge in [0.2, 0.25) is 0 Å². The van der Waals surface area contributed by atoms with Gasteiger partial charge in [-0.15, -0.1) is 0 Å². The van der Waals surface area contributed by atoms with Crippen LogP contribution >= 0.6 is 0 Å². The van der Waals surface area contributed by atoms with Crippen molar-refractivity contribution in [2.45, 2.75) is 44.1 Å². The number of nitrogens with zero attached hydrogens (tertiary/aromatic N) is 1. The summed E-state index contributed by atoms with van der Waals surface area (Å²) >= 11 is 0. The molecule has 0 spiro atoms. The molecule has 0 unspecified atom stereocenters. The molecule has 130 valence electrons. The number of methoxy groups -OCH3 is 1. The maximum Gasteiger partial charge on any atom is 0.119 e. The van der Waals surface area contributed by atoms with Gasteiger partial charge in [0.25, 0.3) is 0 Å². The highest BCUT2D eigenvalue weighted by atomic mass is 16.5. The quantitative estimate of drug-likeness (QED) is 0.905. The van der Waals surface area contributed by atoms with E-state index in [4.69, 9.17) is 4.74 Å². The number of hydrogen-bond acceptors (Lipinski definition) is 3. The minimum atomic E-state index is 0.659. The molecule has 1 atom stereocenters. The van der Waals surface area contributed by atoms with Crippen LogP contribution in [0.5, 0.6) is 5.75 Å². The molecule has 1 aromatic carbocycles. The predicted octanol–water partition coefficient (Wildman–Crippen LogP) is 3.28. The van der Waals surface area contributed by atoms with E-state index in [-0.39, 0.29) is 0 Å². The molecule has 2 aliphatic rings. The van der Waals surface area contributed by atoms with Crippen molar-refractivity contribution in [2.75, 3.05) is 33.8 Å². The Kier molecular flexibility index (Phi) is 4.51. The van der Waals surface area contributed by atoms with Gasteiger partial charge in [-0.05, 0) is 82.5 Å². The Morgan fingerprint density at radius 3 is 2.75 bits per heavy atom. The summed E-state index contributed by atoms with van der Waals surface area (Å²) in [6.45, 7) is 3.50. The highest BCUT2D eigenvalue weighted by Crippen LogP contribution is 2.36. The van der Waals surface area contributed by atoms with Gasteiger partial charge in [-0.3, -0.25) is 0 Å². The number of H-pyrrole nitrogens is 1. The fourth-order valence-corrected chi connectivity index (χ4v) is 4.53. The number of hydrogen-bond donors (Lipinski definition) is 2. The van der Waals surface area contributed by atoms with E-state index in [0.29, 0.717) is 12.0 Å². The van der Waals surface area contributed by atoms with Crippen molar-refractivity contribution in [3.05, 3.63) is 29.5 Å². The third-order valence-corrected chi connectivity index (χ3v) is 6.00. The molecule has 2 N–H and O–H groups in total. The molecule has 2 aliphatic heterocycles. The molecule has 3 heterocycles. The molecule has 0 amide bonds. The summed E-state index contributed by atoms with van der Waals surface area (Å²) < 4.78 is 5.49. The number of likely N-dealkylation sites (tertiary alicyclic amines) is 1. The average molecular weight is 327 g/mol. The monoisotopic (exact) mass is 327 g/mol. The number of benzene rings is 1. The number of likely N-dealkylation sites (N-methyl/N-ethyl adjacent to an activating group) is 1. The van der Waals surface area contributed by atoms with Crippen LogP contribution < -0.4 is 10.1 Å². The van der Waals surface area contributed by atoms with E-state index in [1.54, 1.807) is 7.11 Å². The largest absolute Gasteiger partial charge is 0.497 e. The van der Waals surface area contributed by atoms with Crippen LogP contribution in [0.15, 0.2) is 18.2 Å². The van der Waals surface area contributed by atoms with Crippen molar-refractivity contribution in [3.8, 4) is 5.75 Å². The van der Waals surface area contributed by atoms with Crippen molar-refractivity contribution in [2.24, 2.45) is 0 Å². The number of ether oxygens (including phenoxy) is 1. The Bertz CT molecular complexity index is 702. The lowest BCUT2D eigenvalue weighted by Crippen LogP contribution is -2.29. The topological polar surface area (TPSA) is 40.3 Å². The van der Waals surface area contributed by atoms with Crippen LogP contribution in [-0.4, -0.2) is 49.7 Å². The molecular formula is C20H29N3O. The van der Waals surface area contributed by atoms with Crippen LogP contribution in [0.1, 0.15) is 42.9 Å². The van der Waals surface area contributed by atoms with Gasteiger partial charge in [0, 0.05) is 28.6 Å². The Hall–Kier alpha value is -1.52. The average Bonchev–Trinajstić information content (AvgIpc) is 3.19. The van der Waals surface area contributed by atoms with E-state index in [0.717, 1.165) is 25.3 Å². The van der Waals surface area contributed by atoms with Gasteiger partial charge in [-0.1, -0.05) is 0 Å². The van der Waals surface area contributed by atoms with Crippen LogP contribution in [0.2, 0.25) is 0 Å². The summed E-state index contributed by atoms with van der Waals surface area (Å²) in [5.74, 6) is 1.62. The van der Waals surface area contributed by atoms with Crippen LogP contribution in [-0.2, 0) is 6.42 Å². The third kappa shape index (κ3) is 2.93. The number of fused-ring (bicyclic) bond motifs is 1. The van der Waals surface area contributed by atoms with E-state index in [9.17, 15) is 0 Å². The molecule has 0 saturated carbocycles. The van der Waals surface area contributed by atoms with E-state index in [1.807, 2.05) is 0 Å². The van der Waals surface area contributed by atoms with E-state index in [2.05, 4.69) is 40.4 Å². The maximum atomic E-state index is 5.49. The highest BCUT2D eigenvalue weighted by Gasteiger charge is 2.27. The molecule has 2 aromatic rings. The lowest BCUT2D eigenvalue weighted by molar-refractivity contribution is 0.308. The first-order chi connectivity index (χ1) is 11.8. The number of aromatic nitrogens is 1. The summed E-state index contributed by atoms with van der Waals surface area (Å²) in [7, 11) is 4.03. The van der Waals surface area contributed by atoms with Crippen molar-refractivity contribution in [1.82, 2.24) is 15.2 Å². The van der Waals surface area contributed by atoms with Crippen molar-refractivity contribution in [1.29, 1.82) is 0 Å². The molecular weight excluding hydrogens is 298 g/mol. The normalized spacial score (nSPS) is 23.2. The van der Waals surface area contributed by atoms with Crippen LogP contribution in [0, 0.1) is 0 Å². The molecule has 0 aliphatic carbocycles. The highest BCUT2D eigenvalue weighted by molar-refractivity contribution is 5.86. The Morgan fingerprint density at radius 2 is 2.04 bits per heavy atom. The molecule has 2 saturated heterocycles. The standard InChI is InChI=1S/C20H29N3O/c1-23-11-3-4-15(23)12-18-17-13-16(24-2)5-6-19(17)22-20(18)14-7-9-21-10-8-14/h5-6,13-15,21-22H,3-4,7-12H2,1-2H3/t15-/m1/s1. The lowest BCUT2D eigenvalue weighted by atomic mass is 9.89. The SMILES string of the molecule is COc1ccc2[nH]c(C3CCNCC3)c(C[C@H]3CCCN3C)c2c1. The number of rotatable bonds is 4. The minimum Gasteiger partial charge on any atom is -0.497 e. The summed E-state index contributed by atoms with van der Waals surface area (Å²) in [6.07, 6.45) is 6.27. The smallest absolute Gasteiger partial charge is 0.119 e. The molecule has 4 rings (SSSR count). The van der Waals surface area contributed by atoms with Crippen LogP contribution in [0.3, 0.4) is 0 Å². The minimum absolute atomic E-state index is 0.659. The maximum absolute atomic E-state index is 5.49. The fraction of sp³-hybridized carbons (Fsp3) is 0.600. The van der Waals surface area contributed by atoms with E-state index < -0.39 is 0 Å². The fourth-order valence-electron chi connectivity index (χ4n) is 4.53. The Balaban J connectivity index is 1.75. The molecule has 2 fully saturated rings. The number of nitrogens with one attached hydrogen (secondary N) is 2. The first kappa shape index (κ1) is 16.0. The molecule has 1 aromatic heterocycles. The van der Waals surface area contributed by atoms with Gasteiger partial charge in [-0.25, -0.2) is 0 Å². The first-order valence-electron chi connectivity index (χ1n) is 9.35. The van der Waals surface area contributed by atoms with Crippen LogP contribution in [0.4, 0.5) is 0 Å². The molecule has 4 nitrogen and oxygen atoms in total. The predicted molar refractivity (Wildman–Crippen MR) is 99.1 cm³/mol. The van der Waals surface area contributed by atoms with Crippen LogP contribution in [0.25, 0.3) is 10.9 Å². The first-order valence-corrected chi connectivity index (χ1v) is 9.35. The van der Waals surface area contributed by atoms with Gasteiger partial charge in [0.05, 0.1) is 7.11 Å². The number of aromatic amines is 1. The van der Waals surface area contributed by atoms with E-state index >= 15 is 0 Å². The molecule has 0 bridgehead atoms. The number of piperidine rings is 1. The summed E-state index contributed by atoms with van der Waals surface area (Å²) in [5, 5.41) is 4.86. The zero-order valence-electron chi connectivity index (χ0n) is 14.9. The van der Waals surface area contributed by atoms with E-state index in [1.165, 1.54) is 54.4 Å². The zero-order valence-corrected chi connectivity index (χ0v) is 14.9. The second-order valence-electron chi connectivity index (χ2n) is 7.43. The summed E-state index contributed by atoms with van der Waals surface area (Å²) in [6, 6.07) is 7.15. The summed E-state index contributed by atoms with van der Waals surface area (Å²) in [4.78, 5) is 6.31. The van der Waals surface area contributed by atoms with Crippen molar-refractivity contribution < 1.29 is 4.74 Å². The van der Waals surface area contributed by atoms with Gasteiger partial charge >= 0.3 is 0 Å². The molecule has 0 radical (unpaired) electrons. The second kappa shape index (κ2) is 6.77. The van der Waals surface area contributed by atoms with Gasteiger partial charge < -0.3 is 19.9 Å². The van der Waals surface area contributed by atoms with Crippen molar-refractivity contribution in [3.63, 3.8) is 0 Å². The lowest BCUT2D eigenvalue weighted by Gasteiger charge is -2.25. The van der Waals surface area contributed by atoms with Gasteiger partial charge in [0.1, 0.15) is 5.75 Å². The third-order valence-electron chi connectivity index (χ3n) is 6.00. The Morgan fingerprint density at radius 1 is 1.21 bits per heavy atom. The van der Waals surface area contributed by atoms with Gasteiger partial charge in [0.15, 0.2) is 0 Å². The molecule has 24 heavy (non-hydrogen) atoms. The van der Waals surface area contributed by atoms with Gasteiger partial charge in [-0.2, -0.15) is 0 Å². The zero-order chi connectivity index (χ0) is 16.5. The Labute approximate surface area is 144 Å². The molecule has 4 heteroatoms. The second-order valence-corrected chi connectivity index (χ2v) is 7.43.